The third-order valence-corrected chi connectivity index (χ3v) is 6.35. The summed E-state index contributed by atoms with van der Waals surface area (Å²) in [5.74, 6) is 0.713. The van der Waals surface area contributed by atoms with Gasteiger partial charge in [0.15, 0.2) is 0 Å². The van der Waals surface area contributed by atoms with Crippen LogP contribution in [0.25, 0.3) is 11.3 Å². The van der Waals surface area contributed by atoms with Gasteiger partial charge in [-0.05, 0) is 56.6 Å². The summed E-state index contributed by atoms with van der Waals surface area (Å²) in [6, 6.07) is 5.27. The van der Waals surface area contributed by atoms with Gasteiger partial charge in [-0.25, -0.2) is 4.98 Å². The molecule has 8 heteroatoms. The van der Waals surface area contributed by atoms with E-state index in [1.165, 1.54) is 0 Å². The monoisotopic (exact) mass is 419 g/mol. The third-order valence-electron chi connectivity index (χ3n) is 6.35. The number of aromatic nitrogens is 4. The fourth-order valence-electron chi connectivity index (χ4n) is 4.53. The van der Waals surface area contributed by atoms with Crippen molar-refractivity contribution in [2.24, 2.45) is 5.92 Å². The molecule has 2 aliphatic rings. The van der Waals surface area contributed by atoms with Crippen LogP contribution < -0.4 is 5.56 Å². The van der Waals surface area contributed by atoms with Gasteiger partial charge in [-0.1, -0.05) is 5.16 Å². The van der Waals surface area contributed by atoms with Crippen molar-refractivity contribution in [3.63, 3.8) is 0 Å². The minimum Gasteiger partial charge on any atom is -0.350 e. The highest BCUT2D eigenvalue weighted by Crippen LogP contribution is 2.27. The Kier molecular flexibility index (Phi) is 5.36. The summed E-state index contributed by atoms with van der Waals surface area (Å²) in [6.07, 6.45) is 10.7. The Morgan fingerprint density at radius 1 is 1.19 bits per heavy atom. The third kappa shape index (κ3) is 4.02. The maximum Gasteiger partial charge on any atom is 0.292 e. The smallest absolute Gasteiger partial charge is 0.292 e. The first kappa shape index (κ1) is 19.7. The van der Waals surface area contributed by atoms with Gasteiger partial charge in [0.05, 0.1) is 17.7 Å². The maximum absolute atomic E-state index is 12.9. The summed E-state index contributed by atoms with van der Waals surface area (Å²) in [7, 11) is 0. The van der Waals surface area contributed by atoms with Gasteiger partial charge in [0.25, 0.3) is 11.5 Å². The number of hydrogen-bond donors (Lipinski definition) is 0. The van der Waals surface area contributed by atoms with Crippen molar-refractivity contribution in [2.75, 3.05) is 13.1 Å². The number of fused-ring (bicyclic) bond motifs is 1. The number of amides is 1. The van der Waals surface area contributed by atoms with Crippen molar-refractivity contribution < 1.29 is 9.32 Å². The van der Waals surface area contributed by atoms with Crippen molar-refractivity contribution in [3.05, 3.63) is 64.3 Å². The van der Waals surface area contributed by atoms with E-state index in [0.717, 1.165) is 55.3 Å². The molecule has 0 bridgehead atoms. The lowest BCUT2D eigenvalue weighted by molar-refractivity contribution is 0.0639. The van der Waals surface area contributed by atoms with Crippen LogP contribution in [0.4, 0.5) is 0 Å². The lowest BCUT2D eigenvalue weighted by Gasteiger charge is -2.31. The molecule has 1 aliphatic carbocycles. The van der Waals surface area contributed by atoms with Crippen LogP contribution in [0.5, 0.6) is 0 Å². The molecule has 1 aliphatic heterocycles. The molecule has 31 heavy (non-hydrogen) atoms. The van der Waals surface area contributed by atoms with Crippen molar-refractivity contribution in [1.29, 1.82) is 0 Å². The molecule has 0 atom stereocenters. The van der Waals surface area contributed by atoms with Gasteiger partial charge in [0, 0.05) is 49.2 Å². The molecule has 1 fully saturated rings. The number of carbonyl (C=O) groups excluding carboxylic acids is 1. The molecule has 0 spiro atoms. The first-order valence-electron chi connectivity index (χ1n) is 10.9. The van der Waals surface area contributed by atoms with Crippen LogP contribution in [0.3, 0.4) is 0 Å². The molecule has 1 amide bonds. The second-order valence-corrected chi connectivity index (χ2v) is 8.39. The molecule has 0 N–H and O–H groups in total. The molecule has 5 rings (SSSR count). The second kappa shape index (κ2) is 8.45. The highest BCUT2D eigenvalue weighted by Gasteiger charge is 2.30. The summed E-state index contributed by atoms with van der Waals surface area (Å²) in [5, 5.41) is 4.11. The van der Waals surface area contributed by atoms with Gasteiger partial charge in [-0.15, -0.1) is 0 Å². The van der Waals surface area contributed by atoms with Crippen LogP contribution in [0.1, 0.15) is 47.5 Å². The minimum absolute atomic E-state index is 0.0474. The van der Waals surface area contributed by atoms with Crippen molar-refractivity contribution >= 4 is 5.91 Å². The quantitative estimate of drug-likeness (QED) is 0.645. The number of likely N-dealkylation sites (tertiary alicyclic amines) is 1. The first-order valence-corrected chi connectivity index (χ1v) is 10.9. The second-order valence-electron chi connectivity index (χ2n) is 8.39. The standard InChI is InChI=1S/C23H25N5O3/c29-21-12-20(17-4-3-9-24-13-17)25-15-28(21)14-16-7-10-27(11-8-16)23(30)22-18-5-1-2-6-19(18)26-31-22/h3-4,9,12-13,15-16H,1-2,5-8,10-11,14H2. The van der Waals surface area contributed by atoms with Crippen LogP contribution in [0.2, 0.25) is 0 Å². The van der Waals surface area contributed by atoms with Gasteiger partial charge in [-0.3, -0.25) is 19.1 Å². The predicted octanol–water partition coefficient (Wildman–Crippen LogP) is 2.72. The van der Waals surface area contributed by atoms with Crippen molar-refractivity contribution in [2.45, 2.75) is 45.1 Å². The van der Waals surface area contributed by atoms with Crippen molar-refractivity contribution in [1.82, 2.24) is 24.6 Å². The SMILES string of the molecule is O=C(c1onc2c1CCCC2)N1CCC(Cn2cnc(-c3cccnc3)cc2=O)CC1. The Bertz CT molecular complexity index is 1130. The largest absolute Gasteiger partial charge is 0.350 e. The van der Waals surface area contributed by atoms with E-state index >= 15 is 0 Å². The van der Waals surface area contributed by atoms with E-state index in [-0.39, 0.29) is 11.5 Å². The van der Waals surface area contributed by atoms with E-state index in [1.807, 2.05) is 17.0 Å². The number of piperidine rings is 1. The first-order chi connectivity index (χ1) is 15.2. The van der Waals surface area contributed by atoms with E-state index in [9.17, 15) is 9.59 Å². The van der Waals surface area contributed by atoms with Crippen LogP contribution in [0.15, 0.2) is 46.2 Å². The lowest BCUT2D eigenvalue weighted by atomic mass is 9.94. The fourth-order valence-corrected chi connectivity index (χ4v) is 4.53. The summed E-state index contributed by atoms with van der Waals surface area (Å²) in [5.41, 5.74) is 3.34. The van der Waals surface area contributed by atoms with E-state index < -0.39 is 0 Å². The predicted molar refractivity (Wildman–Crippen MR) is 114 cm³/mol. The molecule has 0 radical (unpaired) electrons. The molecule has 0 unspecified atom stereocenters. The molecule has 1 saturated heterocycles. The zero-order valence-corrected chi connectivity index (χ0v) is 17.4. The molecule has 0 saturated carbocycles. The molecular formula is C23H25N5O3. The Hall–Kier alpha value is -3.29. The van der Waals surface area contributed by atoms with E-state index in [0.29, 0.717) is 37.0 Å². The summed E-state index contributed by atoms with van der Waals surface area (Å²) < 4.78 is 7.08. The van der Waals surface area contributed by atoms with Gasteiger partial charge >= 0.3 is 0 Å². The van der Waals surface area contributed by atoms with E-state index in [2.05, 4.69) is 15.1 Å². The van der Waals surface area contributed by atoms with Gasteiger partial charge < -0.3 is 9.42 Å². The average Bonchev–Trinajstić information content (AvgIpc) is 3.25. The number of aryl methyl sites for hydroxylation is 1. The topological polar surface area (TPSA) is 94.1 Å². The molecule has 3 aromatic rings. The number of nitrogens with zero attached hydrogens (tertiary/aromatic N) is 5. The van der Waals surface area contributed by atoms with E-state index in [1.54, 1.807) is 29.4 Å². The molecule has 0 aromatic carbocycles. The number of rotatable bonds is 4. The zero-order chi connectivity index (χ0) is 21.2. The molecule has 160 valence electrons. The van der Waals surface area contributed by atoms with Crippen LogP contribution in [0, 0.1) is 5.92 Å². The van der Waals surface area contributed by atoms with Crippen LogP contribution in [-0.4, -0.2) is 43.6 Å². The summed E-state index contributed by atoms with van der Waals surface area (Å²) >= 11 is 0. The summed E-state index contributed by atoms with van der Waals surface area (Å²) in [4.78, 5) is 35.9. The Balaban J connectivity index is 1.21. The van der Waals surface area contributed by atoms with Gasteiger partial charge in [-0.2, -0.15) is 0 Å². The van der Waals surface area contributed by atoms with Gasteiger partial charge in [0.2, 0.25) is 5.76 Å². The molecular weight excluding hydrogens is 394 g/mol. The fraction of sp³-hybridized carbons (Fsp3) is 0.435. The average molecular weight is 419 g/mol. The number of carbonyl (C=O) groups is 1. The lowest BCUT2D eigenvalue weighted by Crippen LogP contribution is -2.40. The Morgan fingerprint density at radius 3 is 2.81 bits per heavy atom. The summed E-state index contributed by atoms with van der Waals surface area (Å²) in [6.45, 7) is 1.93. The number of hydrogen-bond acceptors (Lipinski definition) is 6. The molecule has 3 aromatic heterocycles. The molecule has 4 heterocycles. The van der Waals surface area contributed by atoms with Gasteiger partial charge in [0.1, 0.15) is 0 Å². The zero-order valence-electron chi connectivity index (χ0n) is 17.4. The Labute approximate surface area is 179 Å². The minimum atomic E-state index is -0.0688. The molecule has 8 nitrogen and oxygen atoms in total. The van der Waals surface area contributed by atoms with Crippen LogP contribution >= 0.6 is 0 Å². The highest BCUT2D eigenvalue weighted by atomic mass is 16.5. The van der Waals surface area contributed by atoms with E-state index in [4.69, 9.17) is 4.52 Å². The normalized spacial score (nSPS) is 16.8. The highest BCUT2D eigenvalue weighted by molar-refractivity contribution is 5.93. The maximum atomic E-state index is 12.9. The van der Waals surface area contributed by atoms with Crippen molar-refractivity contribution in [3.8, 4) is 11.3 Å². The number of pyridine rings is 1. The Morgan fingerprint density at radius 2 is 2.03 bits per heavy atom. The van der Waals surface area contributed by atoms with Crippen LogP contribution in [-0.2, 0) is 19.4 Å².